The van der Waals surface area contributed by atoms with Crippen molar-refractivity contribution in [3.63, 3.8) is 0 Å². The molecule has 3 rings (SSSR count). The molecule has 1 atom stereocenters. The number of aromatic hydroxyl groups is 1. The Morgan fingerprint density at radius 1 is 1.05 bits per heavy atom. The summed E-state index contributed by atoms with van der Waals surface area (Å²) in [6.07, 6.45) is 2.41. The first kappa shape index (κ1) is 13.2. The summed E-state index contributed by atoms with van der Waals surface area (Å²) in [4.78, 5) is 0. The zero-order chi connectivity index (χ0) is 14.3. The third-order valence-electron chi connectivity index (χ3n) is 4.27. The number of rotatable bonds is 2. The topological polar surface area (TPSA) is 29.5 Å². The van der Waals surface area contributed by atoms with Crippen LogP contribution in [-0.2, 0) is 11.2 Å². The number of hydrogen-bond acceptors (Lipinski definition) is 2. The maximum atomic E-state index is 9.88. The second-order valence-corrected chi connectivity index (χ2v) is 5.64. The first-order valence-electron chi connectivity index (χ1n) is 7.06. The van der Waals surface area contributed by atoms with Gasteiger partial charge in [-0.15, -0.1) is 0 Å². The van der Waals surface area contributed by atoms with E-state index in [0.29, 0.717) is 5.75 Å². The average Bonchev–Trinajstić information content (AvgIpc) is 2.86. The molecule has 2 aromatic carbocycles. The van der Waals surface area contributed by atoms with Gasteiger partial charge in [0.05, 0.1) is 6.10 Å². The fraction of sp³-hybridized carbons (Fsp3) is 0.333. The number of fused-ring (bicyclic) bond motifs is 1. The van der Waals surface area contributed by atoms with Gasteiger partial charge in [-0.2, -0.15) is 0 Å². The Bertz CT molecular complexity index is 635. The zero-order valence-electron chi connectivity index (χ0n) is 12.2. The predicted molar refractivity (Wildman–Crippen MR) is 81.1 cm³/mol. The van der Waals surface area contributed by atoms with Crippen molar-refractivity contribution in [1.29, 1.82) is 0 Å². The van der Waals surface area contributed by atoms with Crippen molar-refractivity contribution in [1.82, 2.24) is 0 Å². The molecule has 2 aromatic rings. The van der Waals surface area contributed by atoms with Gasteiger partial charge < -0.3 is 9.84 Å². The van der Waals surface area contributed by atoms with Gasteiger partial charge in [-0.05, 0) is 72.2 Å². The lowest BCUT2D eigenvalue weighted by atomic mass is 9.97. The Labute approximate surface area is 120 Å². The van der Waals surface area contributed by atoms with Gasteiger partial charge in [0.25, 0.3) is 0 Å². The second kappa shape index (κ2) is 4.95. The molecule has 0 saturated carbocycles. The van der Waals surface area contributed by atoms with Gasteiger partial charge in [0.15, 0.2) is 0 Å². The van der Waals surface area contributed by atoms with Crippen LogP contribution >= 0.6 is 0 Å². The summed E-state index contributed by atoms with van der Waals surface area (Å²) in [5.74, 6) is 0.398. The number of aryl methyl sites for hydroxylation is 3. The molecule has 1 unspecified atom stereocenters. The van der Waals surface area contributed by atoms with E-state index in [9.17, 15) is 5.11 Å². The van der Waals surface area contributed by atoms with Crippen LogP contribution < -0.4 is 0 Å². The van der Waals surface area contributed by atoms with E-state index in [1.54, 1.807) is 7.11 Å². The Hall–Kier alpha value is -1.80. The van der Waals surface area contributed by atoms with Crippen LogP contribution in [0.1, 0.15) is 34.8 Å². The number of benzene rings is 2. The molecule has 0 heterocycles. The lowest BCUT2D eigenvalue weighted by Crippen LogP contribution is -1.95. The molecule has 1 aliphatic carbocycles. The second-order valence-electron chi connectivity index (χ2n) is 5.64. The smallest absolute Gasteiger partial charge is 0.121 e. The van der Waals surface area contributed by atoms with Crippen LogP contribution in [0.4, 0.5) is 0 Å². The minimum atomic E-state index is 0.252. The molecular weight excluding hydrogens is 248 g/mol. The van der Waals surface area contributed by atoms with Crippen molar-refractivity contribution in [3.8, 4) is 16.9 Å². The van der Waals surface area contributed by atoms with E-state index in [4.69, 9.17) is 4.74 Å². The summed E-state index contributed by atoms with van der Waals surface area (Å²) in [5.41, 5.74) is 6.94. The molecule has 0 aliphatic heterocycles. The number of hydrogen-bond donors (Lipinski definition) is 1. The van der Waals surface area contributed by atoms with Gasteiger partial charge in [-0.3, -0.25) is 0 Å². The van der Waals surface area contributed by atoms with Crippen molar-refractivity contribution in [2.45, 2.75) is 32.8 Å². The van der Waals surface area contributed by atoms with Gasteiger partial charge >= 0.3 is 0 Å². The molecule has 2 heteroatoms. The highest BCUT2D eigenvalue weighted by molar-refractivity contribution is 5.68. The molecule has 0 aromatic heterocycles. The highest BCUT2D eigenvalue weighted by Gasteiger charge is 2.22. The van der Waals surface area contributed by atoms with Gasteiger partial charge in [0, 0.05) is 7.11 Å². The van der Waals surface area contributed by atoms with E-state index >= 15 is 0 Å². The predicted octanol–water partition coefficient (Wildman–Crippen LogP) is 4.31. The normalized spacial score (nSPS) is 17.2. The third kappa shape index (κ3) is 2.10. The molecular formula is C18H20O2. The molecule has 1 N–H and O–H groups in total. The fourth-order valence-corrected chi connectivity index (χ4v) is 3.13. The number of phenolic OH excluding ortho intramolecular Hbond substituents is 1. The summed E-state index contributed by atoms with van der Waals surface area (Å²) in [7, 11) is 1.78. The van der Waals surface area contributed by atoms with Gasteiger partial charge in [0.2, 0.25) is 0 Å². The van der Waals surface area contributed by atoms with Crippen LogP contribution in [0, 0.1) is 13.8 Å². The zero-order valence-corrected chi connectivity index (χ0v) is 12.2. The van der Waals surface area contributed by atoms with Crippen LogP contribution in [0.15, 0.2) is 30.3 Å². The first-order valence-corrected chi connectivity index (χ1v) is 7.06. The van der Waals surface area contributed by atoms with Crippen LogP contribution in [0.25, 0.3) is 11.1 Å². The minimum absolute atomic E-state index is 0.252. The molecule has 0 fully saturated rings. The van der Waals surface area contributed by atoms with E-state index < -0.39 is 0 Å². The Balaban J connectivity index is 2.04. The molecule has 0 bridgehead atoms. The molecule has 104 valence electrons. The molecule has 0 radical (unpaired) electrons. The quantitative estimate of drug-likeness (QED) is 0.879. The fourth-order valence-electron chi connectivity index (χ4n) is 3.13. The van der Waals surface area contributed by atoms with Crippen molar-refractivity contribution in [2.24, 2.45) is 0 Å². The summed E-state index contributed by atoms with van der Waals surface area (Å²) in [5, 5.41) is 9.88. The SMILES string of the molecule is COC1CCc2cc(-c3cc(C)c(O)c(C)c3)ccc21. The maximum absolute atomic E-state index is 9.88. The largest absolute Gasteiger partial charge is 0.507 e. The number of phenols is 1. The summed E-state index contributed by atoms with van der Waals surface area (Å²) in [6.45, 7) is 3.89. The van der Waals surface area contributed by atoms with E-state index in [0.717, 1.165) is 24.0 Å². The van der Waals surface area contributed by atoms with Crippen LogP contribution in [0.5, 0.6) is 5.75 Å². The molecule has 0 amide bonds. The third-order valence-corrected chi connectivity index (χ3v) is 4.27. The van der Waals surface area contributed by atoms with E-state index in [-0.39, 0.29) is 6.10 Å². The van der Waals surface area contributed by atoms with Crippen LogP contribution in [0.2, 0.25) is 0 Å². The Kier molecular flexibility index (Phi) is 3.27. The number of methoxy groups -OCH3 is 1. The van der Waals surface area contributed by atoms with Crippen LogP contribution in [0.3, 0.4) is 0 Å². The molecule has 0 spiro atoms. The monoisotopic (exact) mass is 268 g/mol. The standard InChI is InChI=1S/C18H20O2/c1-11-8-15(9-12(2)18(11)19)13-4-6-16-14(10-13)5-7-17(16)20-3/h4,6,8-10,17,19H,5,7H2,1-3H3. The lowest BCUT2D eigenvalue weighted by Gasteiger charge is -2.12. The van der Waals surface area contributed by atoms with E-state index in [1.807, 2.05) is 26.0 Å². The van der Waals surface area contributed by atoms with Crippen molar-refractivity contribution in [3.05, 3.63) is 52.6 Å². The minimum Gasteiger partial charge on any atom is -0.507 e. The van der Waals surface area contributed by atoms with Crippen molar-refractivity contribution < 1.29 is 9.84 Å². The highest BCUT2D eigenvalue weighted by Crippen LogP contribution is 2.37. The van der Waals surface area contributed by atoms with Crippen LogP contribution in [-0.4, -0.2) is 12.2 Å². The van der Waals surface area contributed by atoms with Gasteiger partial charge in [-0.1, -0.05) is 18.2 Å². The van der Waals surface area contributed by atoms with Crippen molar-refractivity contribution in [2.75, 3.05) is 7.11 Å². The summed E-state index contributed by atoms with van der Waals surface area (Å²) < 4.78 is 5.50. The number of ether oxygens (including phenoxy) is 1. The van der Waals surface area contributed by atoms with Crippen molar-refractivity contribution >= 4 is 0 Å². The highest BCUT2D eigenvalue weighted by atomic mass is 16.5. The molecule has 2 nitrogen and oxygen atoms in total. The molecule has 1 aliphatic rings. The average molecular weight is 268 g/mol. The van der Waals surface area contributed by atoms with Gasteiger partial charge in [0.1, 0.15) is 5.75 Å². The summed E-state index contributed by atoms with van der Waals surface area (Å²) in [6, 6.07) is 10.7. The van der Waals surface area contributed by atoms with E-state index in [2.05, 4.69) is 18.2 Å². The molecule has 0 saturated heterocycles. The lowest BCUT2D eigenvalue weighted by molar-refractivity contribution is 0.105. The van der Waals surface area contributed by atoms with Gasteiger partial charge in [-0.25, -0.2) is 0 Å². The Morgan fingerprint density at radius 3 is 2.40 bits per heavy atom. The Morgan fingerprint density at radius 2 is 1.75 bits per heavy atom. The first-order chi connectivity index (χ1) is 9.60. The maximum Gasteiger partial charge on any atom is 0.121 e. The van der Waals surface area contributed by atoms with E-state index in [1.165, 1.54) is 22.3 Å². The summed E-state index contributed by atoms with van der Waals surface area (Å²) >= 11 is 0. The molecule has 20 heavy (non-hydrogen) atoms.